The van der Waals surface area contributed by atoms with Gasteiger partial charge in [-0.3, -0.25) is 9.59 Å². The molecule has 1 saturated heterocycles. The van der Waals surface area contributed by atoms with E-state index in [4.69, 9.17) is 0 Å². The molecule has 2 aromatic rings. The summed E-state index contributed by atoms with van der Waals surface area (Å²) in [6, 6.07) is 13.4. The van der Waals surface area contributed by atoms with Gasteiger partial charge in [-0.15, -0.1) is 0 Å². The lowest BCUT2D eigenvalue weighted by Gasteiger charge is -2.22. The summed E-state index contributed by atoms with van der Waals surface area (Å²) < 4.78 is 13.6. The summed E-state index contributed by atoms with van der Waals surface area (Å²) in [5, 5.41) is 5.17. The minimum Gasteiger partial charge on any atom is -0.372 e. The van der Waals surface area contributed by atoms with Crippen LogP contribution in [-0.4, -0.2) is 31.4 Å². The second-order valence-electron chi connectivity index (χ2n) is 6.66. The standard InChI is InChI=1S/C21H24FN3O2/c22-19-8-4-3-7-18(19)21(27)23-15-20(26)24-16-9-11-17(12-10-16)25-13-5-1-2-6-14-25/h3-4,7-12H,1-2,5-6,13-15H2,(H,23,27)(H,24,26). The predicted molar refractivity (Wildman–Crippen MR) is 104 cm³/mol. The molecule has 5 nitrogen and oxygen atoms in total. The topological polar surface area (TPSA) is 61.4 Å². The summed E-state index contributed by atoms with van der Waals surface area (Å²) in [5.41, 5.74) is 1.74. The molecule has 0 saturated carbocycles. The molecule has 0 aromatic heterocycles. The fourth-order valence-electron chi connectivity index (χ4n) is 3.19. The Balaban J connectivity index is 1.50. The van der Waals surface area contributed by atoms with E-state index in [1.807, 2.05) is 24.3 Å². The number of hydrogen-bond acceptors (Lipinski definition) is 3. The van der Waals surface area contributed by atoms with Crippen molar-refractivity contribution < 1.29 is 14.0 Å². The van der Waals surface area contributed by atoms with Crippen molar-refractivity contribution in [2.45, 2.75) is 25.7 Å². The summed E-state index contributed by atoms with van der Waals surface area (Å²) in [7, 11) is 0. The molecule has 0 spiro atoms. The van der Waals surface area contributed by atoms with E-state index in [-0.39, 0.29) is 18.0 Å². The van der Waals surface area contributed by atoms with Gasteiger partial charge in [-0.05, 0) is 49.2 Å². The molecule has 0 unspecified atom stereocenters. The van der Waals surface area contributed by atoms with Crippen LogP contribution in [0.2, 0.25) is 0 Å². The molecule has 142 valence electrons. The summed E-state index contributed by atoms with van der Waals surface area (Å²) in [6.45, 7) is 1.91. The first kappa shape index (κ1) is 18.9. The lowest BCUT2D eigenvalue weighted by Crippen LogP contribution is -2.33. The Morgan fingerprint density at radius 3 is 2.26 bits per heavy atom. The van der Waals surface area contributed by atoms with Crippen LogP contribution in [0.1, 0.15) is 36.0 Å². The highest BCUT2D eigenvalue weighted by Gasteiger charge is 2.13. The summed E-state index contributed by atoms with van der Waals surface area (Å²) in [5.74, 6) is -1.58. The zero-order chi connectivity index (χ0) is 19.1. The number of hydrogen-bond donors (Lipinski definition) is 2. The van der Waals surface area contributed by atoms with Crippen molar-refractivity contribution in [3.05, 3.63) is 59.9 Å². The van der Waals surface area contributed by atoms with Gasteiger partial charge in [-0.25, -0.2) is 4.39 Å². The first-order valence-electron chi connectivity index (χ1n) is 9.31. The number of carbonyl (C=O) groups is 2. The molecule has 0 bridgehead atoms. The average Bonchev–Trinajstić information content (AvgIpc) is 2.97. The van der Waals surface area contributed by atoms with E-state index in [1.54, 1.807) is 6.07 Å². The fraction of sp³-hybridized carbons (Fsp3) is 0.333. The van der Waals surface area contributed by atoms with E-state index >= 15 is 0 Å². The largest absolute Gasteiger partial charge is 0.372 e. The van der Waals surface area contributed by atoms with Crippen molar-refractivity contribution in [3.63, 3.8) is 0 Å². The summed E-state index contributed by atoms with van der Waals surface area (Å²) in [4.78, 5) is 26.3. The third kappa shape index (κ3) is 5.29. The molecule has 2 N–H and O–H groups in total. The van der Waals surface area contributed by atoms with E-state index < -0.39 is 11.7 Å². The Bertz CT molecular complexity index is 784. The summed E-state index contributed by atoms with van der Waals surface area (Å²) in [6.07, 6.45) is 4.98. The Morgan fingerprint density at radius 1 is 0.926 bits per heavy atom. The van der Waals surface area contributed by atoms with E-state index in [1.165, 1.54) is 43.9 Å². The van der Waals surface area contributed by atoms with Crippen molar-refractivity contribution in [1.82, 2.24) is 5.32 Å². The van der Waals surface area contributed by atoms with Crippen LogP contribution >= 0.6 is 0 Å². The van der Waals surface area contributed by atoms with Gasteiger partial charge in [0.1, 0.15) is 5.82 Å². The van der Waals surface area contributed by atoms with Crippen LogP contribution in [0.25, 0.3) is 0 Å². The second kappa shape index (κ2) is 9.16. The lowest BCUT2D eigenvalue weighted by molar-refractivity contribution is -0.115. The maximum absolute atomic E-state index is 13.6. The molecule has 27 heavy (non-hydrogen) atoms. The van der Waals surface area contributed by atoms with Gasteiger partial charge < -0.3 is 15.5 Å². The lowest BCUT2D eigenvalue weighted by atomic mass is 10.2. The Kier molecular flexibility index (Phi) is 6.41. The van der Waals surface area contributed by atoms with Crippen molar-refractivity contribution >= 4 is 23.2 Å². The second-order valence-corrected chi connectivity index (χ2v) is 6.66. The Morgan fingerprint density at radius 2 is 1.59 bits per heavy atom. The molecule has 0 radical (unpaired) electrons. The van der Waals surface area contributed by atoms with Crippen molar-refractivity contribution in [2.24, 2.45) is 0 Å². The highest BCUT2D eigenvalue weighted by Crippen LogP contribution is 2.21. The maximum atomic E-state index is 13.6. The molecule has 6 heteroatoms. The zero-order valence-electron chi connectivity index (χ0n) is 15.2. The molecule has 1 aliphatic rings. The predicted octanol–water partition coefficient (Wildman–Crippen LogP) is 3.57. The highest BCUT2D eigenvalue weighted by molar-refractivity contribution is 5.99. The third-order valence-electron chi connectivity index (χ3n) is 4.65. The van der Waals surface area contributed by atoms with Gasteiger partial charge in [-0.1, -0.05) is 25.0 Å². The van der Waals surface area contributed by atoms with Crippen LogP contribution in [0.4, 0.5) is 15.8 Å². The minimum atomic E-state index is -0.612. The average molecular weight is 369 g/mol. The van der Waals surface area contributed by atoms with Crippen LogP contribution < -0.4 is 15.5 Å². The molecule has 2 aromatic carbocycles. The van der Waals surface area contributed by atoms with Crippen LogP contribution in [0, 0.1) is 5.82 Å². The molecule has 0 aliphatic carbocycles. The fourth-order valence-corrected chi connectivity index (χ4v) is 3.19. The monoisotopic (exact) mass is 369 g/mol. The van der Waals surface area contributed by atoms with E-state index in [2.05, 4.69) is 15.5 Å². The molecular formula is C21H24FN3O2. The number of anilines is 2. The highest BCUT2D eigenvalue weighted by atomic mass is 19.1. The van der Waals surface area contributed by atoms with E-state index in [0.717, 1.165) is 18.8 Å². The number of carbonyl (C=O) groups excluding carboxylic acids is 2. The number of rotatable bonds is 5. The molecule has 3 rings (SSSR count). The number of amides is 2. The first-order valence-corrected chi connectivity index (χ1v) is 9.31. The molecule has 1 heterocycles. The normalized spacial score (nSPS) is 14.3. The van der Waals surface area contributed by atoms with Gasteiger partial charge >= 0.3 is 0 Å². The van der Waals surface area contributed by atoms with Crippen LogP contribution in [0.5, 0.6) is 0 Å². The Labute approximate surface area is 158 Å². The van der Waals surface area contributed by atoms with Crippen LogP contribution in [0.3, 0.4) is 0 Å². The first-order chi connectivity index (χ1) is 13.1. The van der Waals surface area contributed by atoms with Gasteiger partial charge in [0.15, 0.2) is 0 Å². The van der Waals surface area contributed by atoms with Gasteiger partial charge in [-0.2, -0.15) is 0 Å². The van der Waals surface area contributed by atoms with Crippen molar-refractivity contribution in [2.75, 3.05) is 29.9 Å². The van der Waals surface area contributed by atoms with Gasteiger partial charge in [0, 0.05) is 24.5 Å². The number of halogens is 1. The van der Waals surface area contributed by atoms with E-state index in [9.17, 15) is 14.0 Å². The molecular weight excluding hydrogens is 345 g/mol. The van der Waals surface area contributed by atoms with E-state index in [0.29, 0.717) is 5.69 Å². The molecule has 2 amide bonds. The third-order valence-corrected chi connectivity index (χ3v) is 4.65. The summed E-state index contributed by atoms with van der Waals surface area (Å²) >= 11 is 0. The van der Waals surface area contributed by atoms with Gasteiger partial charge in [0.25, 0.3) is 5.91 Å². The maximum Gasteiger partial charge on any atom is 0.254 e. The Hall–Kier alpha value is -2.89. The van der Waals surface area contributed by atoms with Crippen molar-refractivity contribution in [3.8, 4) is 0 Å². The zero-order valence-corrected chi connectivity index (χ0v) is 15.2. The number of nitrogens with zero attached hydrogens (tertiary/aromatic N) is 1. The SMILES string of the molecule is O=C(CNC(=O)c1ccccc1F)Nc1ccc(N2CCCCCC2)cc1. The van der Waals surface area contributed by atoms with Crippen LogP contribution in [-0.2, 0) is 4.79 Å². The smallest absolute Gasteiger partial charge is 0.254 e. The minimum absolute atomic E-state index is 0.0768. The number of nitrogens with one attached hydrogen (secondary N) is 2. The molecule has 1 fully saturated rings. The van der Waals surface area contributed by atoms with Crippen LogP contribution in [0.15, 0.2) is 48.5 Å². The van der Waals surface area contributed by atoms with Gasteiger partial charge in [0.05, 0.1) is 12.1 Å². The molecule has 1 aliphatic heterocycles. The van der Waals surface area contributed by atoms with Gasteiger partial charge in [0.2, 0.25) is 5.91 Å². The quantitative estimate of drug-likeness (QED) is 0.847. The molecule has 0 atom stereocenters. The van der Waals surface area contributed by atoms with Crippen molar-refractivity contribution in [1.29, 1.82) is 0 Å². The number of benzene rings is 2.